The first kappa shape index (κ1) is 8.51. The van der Waals surface area contributed by atoms with Gasteiger partial charge >= 0.3 is 11.4 Å². The van der Waals surface area contributed by atoms with Crippen LogP contribution in [0.3, 0.4) is 0 Å². The third-order valence-corrected chi connectivity index (χ3v) is 1.19. The number of thiocarbonyl (C=S) groups is 1. The van der Waals surface area contributed by atoms with Crippen molar-refractivity contribution in [1.29, 1.82) is 0 Å². The summed E-state index contributed by atoms with van der Waals surface area (Å²) in [7, 11) is 0. The summed E-state index contributed by atoms with van der Waals surface area (Å²) in [6, 6.07) is 0. The Kier molecular flexibility index (Phi) is 1.91. The normalized spacial score (nSPS) is 31.5. The van der Waals surface area contributed by atoms with E-state index < -0.39 is 23.9 Å². The molecule has 0 aromatic rings. The van der Waals surface area contributed by atoms with Gasteiger partial charge in [0.05, 0.1) is 0 Å². The number of hydrogen-bond donors (Lipinski definition) is 0. The second-order valence-electron chi connectivity index (χ2n) is 1.80. The van der Waals surface area contributed by atoms with Crippen LogP contribution in [-0.4, -0.2) is 23.9 Å². The maximum absolute atomic E-state index is 12.2. The van der Waals surface area contributed by atoms with Gasteiger partial charge in [0.1, 0.15) is 0 Å². The molecule has 7 heteroatoms. The first-order valence-corrected chi connectivity index (χ1v) is 2.90. The summed E-state index contributed by atoms with van der Waals surface area (Å²) in [6.45, 7) is 0. The minimum atomic E-state index is -4.78. The van der Waals surface area contributed by atoms with Crippen molar-refractivity contribution < 1.29 is 27.0 Å². The van der Waals surface area contributed by atoms with Crippen molar-refractivity contribution in [2.45, 2.75) is 18.6 Å². The predicted molar refractivity (Wildman–Crippen MR) is 29.5 cm³/mol. The summed E-state index contributed by atoms with van der Waals surface area (Å²) in [5.41, 5.74) is 0. The molecular formula is C4H2F4O2S. The van der Waals surface area contributed by atoms with Crippen LogP contribution in [0.15, 0.2) is 0 Å². The van der Waals surface area contributed by atoms with E-state index in [2.05, 4.69) is 21.7 Å². The van der Waals surface area contributed by atoms with E-state index in [1.165, 1.54) is 0 Å². The van der Waals surface area contributed by atoms with Gasteiger partial charge in [-0.05, 0) is 0 Å². The molecule has 2 atom stereocenters. The van der Waals surface area contributed by atoms with E-state index in [1.54, 1.807) is 0 Å². The van der Waals surface area contributed by atoms with Crippen molar-refractivity contribution in [3.05, 3.63) is 0 Å². The van der Waals surface area contributed by atoms with E-state index in [4.69, 9.17) is 0 Å². The van der Waals surface area contributed by atoms with Gasteiger partial charge in [-0.2, -0.15) is 17.6 Å². The summed E-state index contributed by atoms with van der Waals surface area (Å²) in [5, 5.41) is -0.806. The lowest BCUT2D eigenvalue weighted by molar-refractivity contribution is -0.215. The summed E-state index contributed by atoms with van der Waals surface area (Å²) in [4.78, 5) is 0. The van der Waals surface area contributed by atoms with Crippen LogP contribution < -0.4 is 0 Å². The van der Waals surface area contributed by atoms with Crippen molar-refractivity contribution >= 4 is 17.5 Å². The van der Waals surface area contributed by atoms with Crippen molar-refractivity contribution in [1.82, 2.24) is 0 Å². The average molecular weight is 190 g/mol. The Bertz CT molecular complexity index is 179. The van der Waals surface area contributed by atoms with Gasteiger partial charge in [-0.3, -0.25) is 0 Å². The van der Waals surface area contributed by atoms with Gasteiger partial charge in [-0.25, -0.2) is 0 Å². The SMILES string of the molecule is FC1OC(=S)OC1C(F)(F)F. The van der Waals surface area contributed by atoms with Gasteiger partial charge in [0.2, 0.25) is 0 Å². The molecule has 0 spiro atoms. The fraction of sp³-hybridized carbons (Fsp3) is 0.750. The molecule has 1 fully saturated rings. The molecule has 11 heavy (non-hydrogen) atoms. The number of halogens is 4. The van der Waals surface area contributed by atoms with E-state index in [1.807, 2.05) is 0 Å². The lowest BCUT2D eigenvalue weighted by atomic mass is 10.3. The minimum Gasteiger partial charge on any atom is -0.437 e. The second-order valence-corrected chi connectivity index (χ2v) is 2.13. The summed E-state index contributed by atoms with van der Waals surface area (Å²) >= 11 is 4.06. The molecule has 2 nitrogen and oxygen atoms in total. The maximum Gasteiger partial charge on any atom is 0.432 e. The molecule has 0 aromatic carbocycles. The highest BCUT2D eigenvalue weighted by Crippen LogP contribution is 2.31. The molecule has 64 valence electrons. The van der Waals surface area contributed by atoms with Crippen molar-refractivity contribution in [2.24, 2.45) is 0 Å². The third kappa shape index (κ3) is 1.70. The van der Waals surface area contributed by atoms with E-state index in [-0.39, 0.29) is 0 Å². The Labute approximate surface area is 64.1 Å². The number of rotatable bonds is 0. The van der Waals surface area contributed by atoms with Crippen LogP contribution >= 0.6 is 12.2 Å². The molecule has 1 aliphatic heterocycles. The van der Waals surface area contributed by atoms with Crippen LogP contribution in [0.2, 0.25) is 0 Å². The van der Waals surface area contributed by atoms with Crippen LogP contribution in [0, 0.1) is 0 Å². The topological polar surface area (TPSA) is 18.5 Å². The van der Waals surface area contributed by atoms with Crippen molar-refractivity contribution in [2.75, 3.05) is 0 Å². The molecule has 0 aromatic heterocycles. The van der Waals surface area contributed by atoms with Gasteiger partial charge in [0, 0.05) is 12.2 Å². The van der Waals surface area contributed by atoms with Gasteiger partial charge in [0.25, 0.3) is 12.5 Å². The Morgan fingerprint density at radius 3 is 2.00 bits per heavy atom. The molecule has 0 N–H and O–H groups in total. The average Bonchev–Trinajstić information content (AvgIpc) is 2.08. The highest BCUT2D eigenvalue weighted by molar-refractivity contribution is 7.79. The fourth-order valence-corrected chi connectivity index (χ4v) is 0.750. The van der Waals surface area contributed by atoms with Gasteiger partial charge in [-0.1, -0.05) is 0 Å². The Hall–Kier alpha value is -0.590. The second kappa shape index (κ2) is 2.47. The monoisotopic (exact) mass is 190 g/mol. The molecule has 2 unspecified atom stereocenters. The predicted octanol–water partition coefficient (Wildman–Crippen LogP) is 1.54. The lowest BCUT2D eigenvalue weighted by Crippen LogP contribution is -2.35. The van der Waals surface area contributed by atoms with Crippen LogP contribution in [0.25, 0.3) is 0 Å². The first-order valence-electron chi connectivity index (χ1n) is 2.49. The molecule has 1 saturated heterocycles. The number of hydrogen-bond acceptors (Lipinski definition) is 3. The zero-order chi connectivity index (χ0) is 8.65. The molecule has 0 amide bonds. The quantitative estimate of drug-likeness (QED) is 0.426. The van der Waals surface area contributed by atoms with Crippen molar-refractivity contribution in [3.63, 3.8) is 0 Å². The highest BCUT2D eigenvalue weighted by atomic mass is 32.1. The van der Waals surface area contributed by atoms with Gasteiger partial charge in [0.15, 0.2) is 0 Å². The molecule has 1 heterocycles. The zero-order valence-electron chi connectivity index (χ0n) is 4.89. The van der Waals surface area contributed by atoms with Crippen LogP contribution in [0.5, 0.6) is 0 Å². The molecule has 0 saturated carbocycles. The van der Waals surface area contributed by atoms with Gasteiger partial charge < -0.3 is 9.47 Å². The summed E-state index contributed by atoms with van der Waals surface area (Å²) < 4.78 is 54.9. The Morgan fingerprint density at radius 2 is 1.82 bits per heavy atom. The first-order chi connectivity index (χ1) is 4.91. The number of alkyl halides is 4. The van der Waals surface area contributed by atoms with E-state index in [0.717, 1.165) is 0 Å². The van der Waals surface area contributed by atoms with E-state index in [0.29, 0.717) is 0 Å². The van der Waals surface area contributed by atoms with E-state index in [9.17, 15) is 17.6 Å². The highest BCUT2D eigenvalue weighted by Gasteiger charge is 2.53. The number of ether oxygens (including phenoxy) is 2. The molecule has 1 aliphatic rings. The minimum absolute atomic E-state index is 0.806. The molecule has 0 aliphatic carbocycles. The Morgan fingerprint density at radius 1 is 1.27 bits per heavy atom. The van der Waals surface area contributed by atoms with E-state index >= 15 is 0 Å². The molecule has 0 radical (unpaired) electrons. The standard InChI is InChI=1S/C4H2F4O2S/c5-2-1(4(6,7)8)9-3(11)10-2/h1-2H. The lowest BCUT2D eigenvalue weighted by Gasteiger charge is -2.12. The Balaban J connectivity index is 2.67. The molecular weight excluding hydrogens is 188 g/mol. The van der Waals surface area contributed by atoms with Crippen LogP contribution in [0.1, 0.15) is 0 Å². The van der Waals surface area contributed by atoms with Gasteiger partial charge in [-0.15, -0.1) is 0 Å². The van der Waals surface area contributed by atoms with Crippen LogP contribution in [0.4, 0.5) is 17.6 Å². The largest absolute Gasteiger partial charge is 0.437 e. The zero-order valence-corrected chi connectivity index (χ0v) is 5.71. The summed E-state index contributed by atoms with van der Waals surface area (Å²) in [6.07, 6.45) is -9.89. The molecule has 1 rings (SSSR count). The van der Waals surface area contributed by atoms with Crippen molar-refractivity contribution in [3.8, 4) is 0 Å². The fourth-order valence-electron chi connectivity index (χ4n) is 0.554. The third-order valence-electron chi connectivity index (χ3n) is 0.993. The molecule has 0 bridgehead atoms. The van der Waals surface area contributed by atoms with Crippen LogP contribution in [-0.2, 0) is 9.47 Å². The maximum atomic E-state index is 12.2. The summed E-state index contributed by atoms with van der Waals surface area (Å²) in [5.74, 6) is 0. The smallest absolute Gasteiger partial charge is 0.432 e.